The fourth-order valence-corrected chi connectivity index (χ4v) is 2.63. The first-order valence-corrected chi connectivity index (χ1v) is 7.64. The molecule has 122 valence electrons. The predicted octanol–water partition coefficient (Wildman–Crippen LogP) is 0.676. The molecule has 1 aliphatic rings. The Morgan fingerprint density at radius 2 is 1.95 bits per heavy atom. The lowest BCUT2D eigenvalue weighted by molar-refractivity contribution is 0.0178. The van der Waals surface area contributed by atoms with E-state index in [9.17, 15) is 9.90 Å². The Balaban J connectivity index is 1.96. The fraction of sp³-hybridized carbons (Fsp3) is 0.625. The number of pyridine rings is 1. The lowest BCUT2D eigenvalue weighted by Crippen LogP contribution is -2.52. The molecular formula is C16H26N4O2. The molecule has 0 aliphatic carbocycles. The zero-order valence-electron chi connectivity index (χ0n) is 13.9. The maximum Gasteiger partial charge on any atom is 0.254 e. The highest BCUT2D eigenvalue weighted by atomic mass is 16.3. The molecule has 0 saturated carbocycles. The van der Waals surface area contributed by atoms with E-state index in [1.54, 1.807) is 12.3 Å². The Labute approximate surface area is 132 Å². The Morgan fingerprint density at radius 1 is 1.32 bits per heavy atom. The van der Waals surface area contributed by atoms with Crippen molar-refractivity contribution in [3.05, 3.63) is 23.9 Å². The number of hydrogen-bond acceptors (Lipinski definition) is 5. The number of aromatic nitrogens is 1. The van der Waals surface area contributed by atoms with Gasteiger partial charge in [0.15, 0.2) is 0 Å². The van der Waals surface area contributed by atoms with E-state index < -0.39 is 5.60 Å². The number of anilines is 1. The lowest BCUT2D eigenvalue weighted by Gasteiger charge is -2.37. The summed E-state index contributed by atoms with van der Waals surface area (Å²) >= 11 is 0. The molecule has 1 amide bonds. The Hall–Kier alpha value is -1.66. The van der Waals surface area contributed by atoms with E-state index in [0.717, 1.165) is 18.9 Å². The maximum atomic E-state index is 12.6. The van der Waals surface area contributed by atoms with Gasteiger partial charge in [-0.3, -0.25) is 9.69 Å². The summed E-state index contributed by atoms with van der Waals surface area (Å²) in [4.78, 5) is 22.8. The van der Waals surface area contributed by atoms with Crippen molar-refractivity contribution in [1.82, 2.24) is 14.8 Å². The first kappa shape index (κ1) is 16.7. The Bertz CT molecular complexity index is 517. The molecule has 1 N–H and O–H groups in total. The van der Waals surface area contributed by atoms with Crippen molar-refractivity contribution in [3.63, 3.8) is 0 Å². The van der Waals surface area contributed by atoms with Crippen LogP contribution in [0, 0.1) is 0 Å². The summed E-state index contributed by atoms with van der Waals surface area (Å²) in [6.07, 6.45) is 1.67. The molecule has 1 aromatic rings. The van der Waals surface area contributed by atoms with Crippen LogP contribution in [0.3, 0.4) is 0 Å². The number of piperazine rings is 1. The molecule has 1 aromatic heterocycles. The van der Waals surface area contributed by atoms with Crippen molar-refractivity contribution in [2.45, 2.75) is 19.4 Å². The van der Waals surface area contributed by atoms with Crippen LogP contribution in [-0.4, -0.2) is 78.2 Å². The van der Waals surface area contributed by atoms with Crippen molar-refractivity contribution >= 4 is 11.7 Å². The first-order chi connectivity index (χ1) is 10.3. The van der Waals surface area contributed by atoms with E-state index in [1.807, 2.05) is 43.8 Å². The van der Waals surface area contributed by atoms with E-state index in [2.05, 4.69) is 9.88 Å². The summed E-state index contributed by atoms with van der Waals surface area (Å²) in [5.74, 6) is 0.833. The van der Waals surface area contributed by atoms with E-state index in [4.69, 9.17) is 0 Å². The second-order valence-corrected chi connectivity index (χ2v) is 6.68. The van der Waals surface area contributed by atoms with Gasteiger partial charge in [0.25, 0.3) is 5.91 Å². The first-order valence-electron chi connectivity index (χ1n) is 7.64. The van der Waals surface area contributed by atoms with Gasteiger partial charge in [-0.05, 0) is 26.0 Å². The smallest absolute Gasteiger partial charge is 0.254 e. The molecule has 2 rings (SSSR count). The molecule has 0 bridgehead atoms. The minimum absolute atomic E-state index is 0.0495. The molecule has 1 fully saturated rings. The van der Waals surface area contributed by atoms with Crippen LogP contribution < -0.4 is 4.90 Å². The number of rotatable bonds is 4. The number of nitrogens with zero attached hydrogens (tertiary/aromatic N) is 4. The second kappa shape index (κ2) is 6.62. The van der Waals surface area contributed by atoms with Crippen LogP contribution in [0.1, 0.15) is 24.2 Å². The van der Waals surface area contributed by atoms with Gasteiger partial charge >= 0.3 is 0 Å². The molecule has 0 unspecified atom stereocenters. The summed E-state index contributed by atoms with van der Waals surface area (Å²) in [6, 6.07) is 3.59. The minimum atomic E-state index is -0.697. The maximum absolute atomic E-state index is 12.6. The summed E-state index contributed by atoms with van der Waals surface area (Å²) < 4.78 is 0. The fourth-order valence-electron chi connectivity index (χ4n) is 2.63. The lowest BCUT2D eigenvalue weighted by atomic mass is 10.1. The quantitative estimate of drug-likeness (QED) is 0.886. The molecule has 0 aromatic carbocycles. The number of carbonyl (C=O) groups excluding carboxylic acids is 1. The summed E-state index contributed by atoms with van der Waals surface area (Å²) in [5, 5.41) is 9.87. The van der Waals surface area contributed by atoms with Crippen LogP contribution in [-0.2, 0) is 0 Å². The van der Waals surface area contributed by atoms with Gasteiger partial charge < -0.3 is 14.9 Å². The van der Waals surface area contributed by atoms with Gasteiger partial charge in [-0.1, -0.05) is 0 Å². The monoisotopic (exact) mass is 306 g/mol. The zero-order chi connectivity index (χ0) is 16.3. The third-order valence-corrected chi connectivity index (χ3v) is 3.72. The Kier molecular flexibility index (Phi) is 5.03. The van der Waals surface area contributed by atoms with Crippen LogP contribution in [0.4, 0.5) is 5.82 Å². The third kappa shape index (κ3) is 4.42. The summed E-state index contributed by atoms with van der Waals surface area (Å²) in [6.45, 7) is 7.22. The van der Waals surface area contributed by atoms with Crippen LogP contribution in [0.5, 0.6) is 0 Å². The highest BCUT2D eigenvalue weighted by Gasteiger charge is 2.25. The number of carbonyl (C=O) groups is 1. The van der Waals surface area contributed by atoms with Gasteiger partial charge in [-0.2, -0.15) is 0 Å². The molecule has 0 radical (unpaired) electrons. The average Bonchev–Trinajstić information content (AvgIpc) is 2.46. The van der Waals surface area contributed by atoms with Crippen LogP contribution in [0.15, 0.2) is 18.3 Å². The molecule has 22 heavy (non-hydrogen) atoms. The van der Waals surface area contributed by atoms with Crippen LogP contribution in [0.25, 0.3) is 0 Å². The van der Waals surface area contributed by atoms with E-state index >= 15 is 0 Å². The van der Waals surface area contributed by atoms with E-state index in [0.29, 0.717) is 25.2 Å². The van der Waals surface area contributed by atoms with Crippen LogP contribution in [0.2, 0.25) is 0 Å². The number of hydrogen-bond donors (Lipinski definition) is 1. The predicted molar refractivity (Wildman–Crippen MR) is 87.2 cm³/mol. The highest BCUT2D eigenvalue weighted by molar-refractivity contribution is 5.94. The molecule has 6 heteroatoms. The van der Waals surface area contributed by atoms with E-state index in [1.165, 1.54) is 0 Å². The number of aliphatic hydroxyl groups is 1. The standard InChI is InChI=1S/C16H26N4O2/c1-16(2,22)12-19-7-9-20(10-8-19)15(21)13-5-6-17-14(11-13)18(3)4/h5-6,11,22H,7-10,12H2,1-4H3. The van der Waals surface area contributed by atoms with Crippen LogP contribution >= 0.6 is 0 Å². The van der Waals surface area contributed by atoms with Gasteiger partial charge in [-0.25, -0.2) is 4.98 Å². The highest BCUT2D eigenvalue weighted by Crippen LogP contribution is 2.14. The van der Waals surface area contributed by atoms with Gasteiger partial charge in [0.05, 0.1) is 5.60 Å². The van der Waals surface area contributed by atoms with Crippen molar-refractivity contribution in [3.8, 4) is 0 Å². The number of β-amino-alcohol motifs (C(OH)–C–C–N with tert-alkyl or cyclic N) is 1. The van der Waals surface area contributed by atoms with Crippen molar-refractivity contribution in [2.24, 2.45) is 0 Å². The average molecular weight is 306 g/mol. The van der Waals surface area contributed by atoms with Gasteiger partial charge in [0.1, 0.15) is 5.82 Å². The molecule has 2 heterocycles. The van der Waals surface area contributed by atoms with Gasteiger partial charge in [0, 0.05) is 58.6 Å². The molecule has 1 aliphatic heterocycles. The topological polar surface area (TPSA) is 59.9 Å². The van der Waals surface area contributed by atoms with Gasteiger partial charge in [0.2, 0.25) is 0 Å². The Morgan fingerprint density at radius 3 is 2.50 bits per heavy atom. The number of amides is 1. The molecule has 0 spiro atoms. The minimum Gasteiger partial charge on any atom is -0.389 e. The van der Waals surface area contributed by atoms with Crippen molar-refractivity contribution in [2.75, 3.05) is 51.7 Å². The molecule has 1 saturated heterocycles. The summed E-state index contributed by atoms with van der Waals surface area (Å²) in [7, 11) is 3.82. The summed E-state index contributed by atoms with van der Waals surface area (Å²) in [5.41, 5.74) is -0.0209. The van der Waals surface area contributed by atoms with Crippen molar-refractivity contribution in [1.29, 1.82) is 0 Å². The molecule has 6 nitrogen and oxygen atoms in total. The second-order valence-electron chi connectivity index (χ2n) is 6.68. The third-order valence-electron chi connectivity index (χ3n) is 3.72. The normalized spacial score (nSPS) is 16.7. The van der Waals surface area contributed by atoms with Gasteiger partial charge in [-0.15, -0.1) is 0 Å². The molecule has 0 atom stereocenters. The SMILES string of the molecule is CN(C)c1cc(C(=O)N2CCN(CC(C)(C)O)CC2)ccn1. The molecular weight excluding hydrogens is 280 g/mol. The largest absolute Gasteiger partial charge is 0.389 e. The van der Waals surface area contributed by atoms with Crippen molar-refractivity contribution < 1.29 is 9.90 Å². The zero-order valence-corrected chi connectivity index (χ0v) is 13.9. The van der Waals surface area contributed by atoms with E-state index in [-0.39, 0.29) is 5.91 Å².